The molecule has 1 aliphatic heterocycles. The van der Waals surface area contributed by atoms with Crippen LogP contribution in [0.4, 0.5) is 11.4 Å². The summed E-state index contributed by atoms with van der Waals surface area (Å²) < 4.78 is 5.33. The molecule has 0 spiro atoms. The molecule has 1 saturated heterocycles. The van der Waals surface area contributed by atoms with Crippen LogP contribution in [0.1, 0.15) is 5.56 Å². The molecule has 0 amide bonds. The second kappa shape index (κ2) is 8.42. The van der Waals surface area contributed by atoms with Gasteiger partial charge >= 0.3 is 0 Å². The van der Waals surface area contributed by atoms with Crippen LogP contribution in [0.25, 0.3) is 22.2 Å². The second-order valence-corrected chi connectivity index (χ2v) is 8.22. The van der Waals surface area contributed by atoms with Crippen LogP contribution in [0, 0.1) is 6.92 Å². The zero-order chi connectivity index (χ0) is 22.1. The van der Waals surface area contributed by atoms with E-state index in [2.05, 4.69) is 69.4 Å². The Kier molecular flexibility index (Phi) is 5.31. The Hall–Kier alpha value is -3.73. The molecule has 32 heavy (non-hydrogen) atoms. The van der Waals surface area contributed by atoms with Crippen LogP contribution in [0.15, 0.2) is 77.6 Å². The van der Waals surface area contributed by atoms with Crippen molar-refractivity contribution in [3.63, 3.8) is 0 Å². The van der Waals surface area contributed by atoms with Crippen molar-refractivity contribution in [3.05, 3.63) is 88.6 Å². The monoisotopic (exact) mass is 425 g/mol. The van der Waals surface area contributed by atoms with Gasteiger partial charge in [-0.3, -0.25) is 4.79 Å². The Balaban J connectivity index is 1.38. The highest BCUT2D eigenvalue weighted by Crippen LogP contribution is 2.27. The highest BCUT2D eigenvalue weighted by atomic mass is 16.5. The molecule has 5 rings (SSSR count). The molecule has 0 unspecified atom stereocenters. The van der Waals surface area contributed by atoms with Gasteiger partial charge in [0.2, 0.25) is 0 Å². The lowest BCUT2D eigenvalue weighted by Crippen LogP contribution is -2.46. The summed E-state index contributed by atoms with van der Waals surface area (Å²) in [6.45, 7) is 5.86. The lowest BCUT2D eigenvalue weighted by Gasteiger charge is -2.37. The summed E-state index contributed by atoms with van der Waals surface area (Å²) >= 11 is 0. The first kappa shape index (κ1) is 20.2. The molecule has 1 fully saturated rings. The van der Waals surface area contributed by atoms with Crippen molar-refractivity contribution in [2.24, 2.45) is 0 Å². The first-order chi connectivity index (χ1) is 15.6. The number of hydrogen-bond acceptors (Lipinski definition) is 4. The number of aromatic nitrogens is 1. The zero-order valence-corrected chi connectivity index (χ0v) is 18.5. The standard InChI is InChI=1S/C27H27N3O2/c1-19-26(28-25-18-23(32-2)12-13-24(25)27(19)31)20-8-10-22(11-9-20)30-16-14-29(15-17-30)21-6-4-3-5-7-21/h3-13,18H,14-17H2,1-2H3,(H,28,31). The van der Waals surface area contributed by atoms with Crippen molar-refractivity contribution in [2.75, 3.05) is 43.1 Å². The van der Waals surface area contributed by atoms with Crippen LogP contribution < -0.4 is 20.0 Å². The van der Waals surface area contributed by atoms with Crippen molar-refractivity contribution >= 4 is 22.3 Å². The maximum Gasteiger partial charge on any atom is 0.192 e. The van der Waals surface area contributed by atoms with Gasteiger partial charge < -0.3 is 19.5 Å². The number of methoxy groups -OCH3 is 1. The van der Waals surface area contributed by atoms with Crippen molar-refractivity contribution in [3.8, 4) is 17.0 Å². The molecule has 5 heteroatoms. The van der Waals surface area contributed by atoms with Crippen molar-refractivity contribution in [1.29, 1.82) is 0 Å². The third kappa shape index (κ3) is 3.71. The third-order valence-corrected chi connectivity index (χ3v) is 6.37. The van der Waals surface area contributed by atoms with Gasteiger partial charge in [0, 0.05) is 54.6 Å². The minimum atomic E-state index is 0.0533. The van der Waals surface area contributed by atoms with Crippen molar-refractivity contribution in [1.82, 2.24) is 4.98 Å². The van der Waals surface area contributed by atoms with Gasteiger partial charge in [-0.15, -0.1) is 0 Å². The van der Waals surface area contributed by atoms with E-state index in [1.165, 1.54) is 11.4 Å². The Labute approximate surface area is 187 Å². The summed E-state index contributed by atoms with van der Waals surface area (Å²) in [5.74, 6) is 0.730. The predicted octanol–water partition coefficient (Wildman–Crippen LogP) is 4.84. The molecule has 3 aromatic carbocycles. The van der Waals surface area contributed by atoms with Gasteiger partial charge in [-0.25, -0.2) is 0 Å². The fourth-order valence-electron chi connectivity index (χ4n) is 4.48. The van der Waals surface area contributed by atoms with Gasteiger partial charge in [0.25, 0.3) is 0 Å². The number of benzene rings is 3. The van der Waals surface area contributed by atoms with Crippen LogP contribution in [0.2, 0.25) is 0 Å². The molecule has 162 valence electrons. The number of anilines is 2. The first-order valence-corrected chi connectivity index (χ1v) is 11.0. The van der Waals surface area contributed by atoms with Crippen molar-refractivity contribution in [2.45, 2.75) is 6.92 Å². The normalized spacial score (nSPS) is 14.1. The number of rotatable bonds is 4. The van der Waals surface area contributed by atoms with E-state index in [9.17, 15) is 4.79 Å². The number of pyridine rings is 1. The van der Waals surface area contributed by atoms with E-state index in [-0.39, 0.29) is 5.43 Å². The number of nitrogens with one attached hydrogen (secondary N) is 1. The average Bonchev–Trinajstić information content (AvgIpc) is 2.86. The maximum atomic E-state index is 12.9. The highest BCUT2D eigenvalue weighted by Gasteiger charge is 2.18. The summed E-state index contributed by atoms with van der Waals surface area (Å²) in [6, 6.07) is 24.6. The number of ether oxygens (including phenoxy) is 1. The maximum absolute atomic E-state index is 12.9. The van der Waals surface area contributed by atoms with Gasteiger partial charge in [0.15, 0.2) is 5.43 Å². The number of aromatic amines is 1. The van der Waals surface area contributed by atoms with Crippen molar-refractivity contribution < 1.29 is 4.74 Å². The van der Waals surface area contributed by atoms with Gasteiger partial charge in [-0.05, 0) is 48.9 Å². The molecule has 1 aliphatic rings. The lowest BCUT2D eigenvalue weighted by atomic mass is 10.0. The molecule has 0 bridgehead atoms. The Morgan fingerprint density at radius 3 is 2.06 bits per heavy atom. The van der Waals surface area contributed by atoms with E-state index >= 15 is 0 Å². The second-order valence-electron chi connectivity index (χ2n) is 8.22. The number of piperazine rings is 1. The molecule has 1 N–H and O–H groups in total. The van der Waals surface area contributed by atoms with Crippen LogP contribution >= 0.6 is 0 Å². The van der Waals surface area contributed by atoms with Gasteiger partial charge in [0.05, 0.1) is 18.3 Å². The van der Waals surface area contributed by atoms with Gasteiger partial charge in [-0.1, -0.05) is 30.3 Å². The number of hydrogen-bond donors (Lipinski definition) is 1. The zero-order valence-electron chi connectivity index (χ0n) is 18.5. The average molecular weight is 426 g/mol. The minimum Gasteiger partial charge on any atom is -0.497 e. The van der Waals surface area contributed by atoms with Crippen LogP contribution in [-0.2, 0) is 0 Å². The van der Waals surface area contributed by atoms with E-state index in [4.69, 9.17) is 4.74 Å². The predicted molar refractivity (Wildman–Crippen MR) is 132 cm³/mol. The SMILES string of the molecule is COc1ccc2c(=O)c(C)c(-c3ccc(N4CCN(c5ccccc5)CC4)cc3)[nH]c2c1. The number of nitrogens with zero attached hydrogens (tertiary/aromatic N) is 2. The molecule has 5 nitrogen and oxygen atoms in total. The van der Waals surface area contributed by atoms with Crippen LogP contribution in [0.5, 0.6) is 5.75 Å². The molecular weight excluding hydrogens is 398 g/mol. The molecule has 0 radical (unpaired) electrons. The molecule has 0 atom stereocenters. The Bertz CT molecular complexity index is 1290. The summed E-state index contributed by atoms with van der Waals surface area (Å²) in [4.78, 5) is 21.2. The molecule has 4 aromatic rings. The number of H-pyrrole nitrogens is 1. The number of fused-ring (bicyclic) bond motifs is 1. The lowest BCUT2D eigenvalue weighted by molar-refractivity contribution is 0.415. The van der Waals surface area contributed by atoms with E-state index < -0.39 is 0 Å². The summed E-state index contributed by atoms with van der Waals surface area (Å²) in [5, 5.41) is 0.681. The van der Waals surface area contributed by atoms with E-state index in [0.717, 1.165) is 54.3 Å². The molecule has 0 saturated carbocycles. The van der Waals surface area contributed by atoms with E-state index in [0.29, 0.717) is 5.39 Å². The van der Waals surface area contributed by atoms with Gasteiger partial charge in [0.1, 0.15) is 5.75 Å². The molecule has 1 aromatic heterocycles. The largest absolute Gasteiger partial charge is 0.497 e. The fraction of sp³-hybridized carbons (Fsp3) is 0.222. The quantitative estimate of drug-likeness (QED) is 0.508. The van der Waals surface area contributed by atoms with Crippen LogP contribution in [-0.4, -0.2) is 38.3 Å². The van der Waals surface area contributed by atoms with Gasteiger partial charge in [-0.2, -0.15) is 0 Å². The molecular formula is C27H27N3O2. The van der Waals surface area contributed by atoms with E-state index in [1.807, 2.05) is 25.1 Å². The smallest absolute Gasteiger partial charge is 0.192 e. The topological polar surface area (TPSA) is 48.6 Å². The summed E-state index contributed by atoms with van der Waals surface area (Å²) in [6.07, 6.45) is 0. The minimum absolute atomic E-state index is 0.0533. The molecule has 2 heterocycles. The Morgan fingerprint density at radius 2 is 1.44 bits per heavy atom. The third-order valence-electron chi connectivity index (χ3n) is 6.37. The fourth-order valence-corrected chi connectivity index (χ4v) is 4.48. The highest BCUT2D eigenvalue weighted by molar-refractivity contribution is 5.84. The van der Waals surface area contributed by atoms with Crippen LogP contribution in [0.3, 0.4) is 0 Å². The molecule has 0 aliphatic carbocycles. The van der Waals surface area contributed by atoms with E-state index in [1.54, 1.807) is 7.11 Å². The first-order valence-electron chi connectivity index (χ1n) is 11.0. The summed E-state index contributed by atoms with van der Waals surface area (Å²) in [5.41, 5.74) is 5.94. The summed E-state index contributed by atoms with van der Waals surface area (Å²) in [7, 11) is 1.63. The Morgan fingerprint density at radius 1 is 0.812 bits per heavy atom. The number of para-hydroxylation sites is 1.